The number of thioether (sulfide) groups is 1. The van der Waals surface area contributed by atoms with E-state index in [0.717, 1.165) is 9.20 Å². The highest BCUT2D eigenvalue weighted by atomic mass is 32.2. The van der Waals surface area contributed by atoms with Crippen LogP contribution in [0.4, 0.5) is 0 Å². The molecule has 0 saturated heterocycles. The number of benzene rings is 1. The molecule has 1 atom stereocenters. The van der Waals surface area contributed by atoms with Crippen molar-refractivity contribution in [1.82, 2.24) is 4.31 Å². The fourth-order valence-electron chi connectivity index (χ4n) is 1.21. The molecule has 0 spiro atoms. The van der Waals surface area contributed by atoms with E-state index >= 15 is 0 Å². The first kappa shape index (κ1) is 16.0. The predicted molar refractivity (Wildman–Crippen MR) is 74.8 cm³/mol. The highest BCUT2D eigenvalue weighted by Crippen LogP contribution is 2.23. The minimum atomic E-state index is -3.41. The molecule has 0 aromatic heterocycles. The summed E-state index contributed by atoms with van der Waals surface area (Å²) in [6.45, 7) is 1.64. The molecule has 7 heteroatoms. The summed E-state index contributed by atoms with van der Waals surface area (Å²) < 4.78 is 24.8. The number of nitrogens with zero attached hydrogens (tertiary/aromatic N) is 1. The monoisotopic (exact) mass is 303 g/mol. The van der Waals surface area contributed by atoms with Crippen LogP contribution in [0.3, 0.4) is 0 Å². The quantitative estimate of drug-likeness (QED) is 0.810. The van der Waals surface area contributed by atoms with Gasteiger partial charge in [0.05, 0.1) is 10.8 Å². The Morgan fingerprint density at radius 2 is 1.84 bits per heavy atom. The molecular weight excluding hydrogens is 286 g/mol. The molecule has 0 amide bonds. The van der Waals surface area contributed by atoms with Crippen LogP contribution in [0.25, 0.3) is 0 Å². The standard InChI is InChI=1S/C12H17NO4S2/c1-9(12(14)15)8-18-10-4-6-11(7-5-10)19(16,17)13(2)3/h4-7,9H,8H2,1-3H3,(H,14,15). The van der Waals surface area contributed by atoms with Crippen molar-refractivity contribution < 1.29 is 18.3 Å². The summed E-state index contributed by atoms with van der Waals surface area (Å²) in [5, 5.41) is 8.77. The van der Waals surface area contributed by atoms with Crippen LogP contribution >= 0.6 is 11.8 Å². The number of sulfonamides is 1. The number of carboxylic acid groups (broad SMARTS) is 1. The van der Waals surface area contributed by atoms with Gasteiger partial charge in [-0.05, 0) is 24.3 Å². The topological polar surface area (TPSA) is 74.7 Å². The lowest BCUT2D eigenvalue weighted by atomic mass is 10.2. The van der Waals surface area contributed by atoms with Crippen molar-refractivity contribution in [3.8, 4) is 0 Å². The van der Waals surface area contributed by atoms with E-state index < -0.39 is 21.9 Å². The van der Waals surface area contributed by atoms with Gasteiger partial charge >= 0.3 is 5.97 Å². The first-order chi connectivity index (χ1) is 8.75. The minimum absolute atomic E-state index is 0.230. The van der Waals surface area contributed by atoms with Crippen molar-refractivity contribution in [3.05, 3.63) is 24.3 Å². The summed E-state index contributed by atoms with van der Waals surface area (Å²) in [6, 6.07) is 6.44. The summed E-state index contributed by atoms with van der Waals surface area (Å²) in [5.74, 6) is -0.816. The van der Waals surface area contributed by atoms with Gasteiger partial charge in [0, 0.05) is 24.7 Å². The molecule has 0 aliphatic carbocycles. The van der Waals surface area contributed by atoms with Gasteiger partial charge in [0.2, 0.25) is 10.0 Å². The number of hydrogen-bond donors (Lipinski definition) is 1. The Kier molecular flexibility index (Phi) is 5.39. The third-order valence-electron chi connectivity index (χ3n) is 2.52. The molecular formula is C12H17NO4S2. The molecule has 0 fully saturated rings. The first-order valence-electron chi connectivity index (χ1n) is 5.63. The molecule has 1 unspecified atom stereocenters. The van der Waals surface area contributed by atoms with Gasteiger partial charge in [-0.3, -0.25) is 4.79 Å². The second kappa shape index (κ2) is 6.40. The average Bonchev–Trinajstić information content (AvgIpc) is 2.36. The van der Waals surface area contributed by atoms with E-state index in [1.807, 2.05) is 0 Å². The van der Waals surface area contributed by atoms with Crippen LogP contribution in [0.5, 0.6) is 0 Å². The highest BCUT2D eigenvalue weighted by Gasteiger charge is 2.17. The molecule has 106 valence electrons. The normalized spacial score (nSPS) is 13.5. The maximum Gasteiger partial charge on any atom is 0.307 e. The molecule has 1 aromatic rings. The van der Waals surface area contributed by atoms with Crippen LogP contribution in [-0.4, -0.2) is 43.6 Å². The third-order valence-corrected chi connectivity index (χ3v) is 5.63. The van der Waals surface area contributed by atoms with E-state index in [9.17, 15) is 13.2 Å². The van der Waals surface area contributed by atoms with E-state index in [0.29, 0.717) is 5.75 Å². The fourth-order valence-corrected chi connectivity index (χ4v) is 3.03. The SMILES string of the molecule is CC(CSc1ccc(S(=O)(=O)N(C)C)cc1)C(=O)O. The van der Waals surface area contributed by atoms with Crippen molar-refractivity contribution >= 4 is 27.8 Å². The maximum absolute atomic E-state index is 11.8. The largest absolute Gasteiger partial charge is 0.481 e. The molecule has 0 heterocycles. The van der Waals surface area contributed by atoms with Crippen LogP contribution in [0, 0.1) is 5.92 Å². The molecule has 1 N–H and O–H groups in total. The lowest BCUT2D eigenvalue weighted by molar-refractivity contribution is -0.140. The lowest BCUT2D eigenvalue weighted by Gasteiger charge is -2.11. The van der Waals surface area contributed by atoms with E-state index in [4.69, 9.17) is 5.11 Å². The molecule has 0 aliphatic heterocycles. The Labute approximate surface area is 117 Å². The Balaban J connectivity index is 2.75. The lowest BCUT2D eigenvalue weighted by Crippen LogP contribution is -2.22. The van der Waals surface area contributed by atoms with Crippen LogP contribution < -0.4 is 0 Å². The predicted octanol–water partition coefficient (Wildman–Crippen LogP) is 1.75. The van der Waals surface area contributed by atoms with Crippen LogP contribution in [0.2, 0.25) is 0 Å². The smallest absolute Gasteiger partial charge is 0.307 e. The molecule has 1 aromatic carbocycles. The maximum atomic E-state index is 11.8. The summed E-state index contributed by atoms with van der Waals surface area (Å²) in [5.41, 5.74) is 0. The summed E-state index contributed by atoms with van der Waals surface area (Å²) >= 11 is 1.40. The Bertz CT molecular complexity index is 537. The van der Waals surface area contributed by atoms with Gasteiger partial charge in [0.15, 0.2) is 0 Å². The van der Waals surface area contributed by atoms with Gasteiger partial charge in [-0.25, -0.2) is 12.7 Å². The second-order valence-electron chi connectivity index (χ2n) is 4.31. The fraction of sp³-hybridized carbons (Fsp3) is 0.417. The zero-order valence-electron chi connectivity index (χ0n) is 11.0. The Hall–Kier alpha value is -1.05. The zero-order chi connectivity index (χ0) is 14.6. The Morgan fingerprint density at radius 1 is 1.32 bits per heavy atom. The van der Waals surface area contributed by atoms with Crippen LogP contribution in [0.1, 0.15) is 6.92 Å². The van der Waals surface area contributed by atoms with E-state index in [1.54, 1.807) is 19.1 Å². The summed E-state index contributed by atoms with van der Waals surface area (Å²) in [6.07, 6.45) is 0. The second-order valence-corrected chi connectivity index (χ2v) is 7.55. The van der Waals surface area contributed by atoms with Crippen molar-refractivity contribution in [1.29, 1.82) is 0 Å². The molecule has 19 heavy (non-hydrogen) atoms. The number of rotatable bonds is 6. The Morgan fingerprint density at radius 3 is 2.26 bits per heavy atom. The molecule has 1 rings (SSSR count). The zero-order valence-corrected chi connectivity index (χ0v) is 12.7. The highest BCUT2D eigenvalue weighted by molar-refractivity contribution is 7.99. The van der Waals surface area contributed by atoms with E-state index in [-0.39, 0.29) is 4.90 Å². The molecule has 0 radical (unpaired) electrons. The molecule has 0 bridgehead atoms. The van der Waals surface area contributed by atoms with E-state index in [2.05, 4.69) is 0 Å². The van der Waals surface area contributed by atoms with Crippen LogP contribution in [0.15, 0.2) is 34.1 Å². The van der Waals surface area contributed by atoms with Gasteiger partial charge < -0.3 is 5.11 Å². The number of carbonyl (C=O) groups is 1. The third kappa shape index (κ3) is 4.22. The van der Waals surface area contributed by atoms with Gasteiger partial charge in [0.25, 0.3) is 0 Å². The number of aliphatic carboxylic acids is 1. The molecule has 0 saturated carbocycles. The van der Waals surface area contributed by atoms with Crippen molar-refractivity contribution in [2.45, 2.75) is 16.7 Å². The average molecular weight is 303 g/mol. The number of hydrogen-bond acceptors (Lipinski definition) is 4. The van der Waals surface area contributed by atoms with Gasteiger partial charge in [-0.2, -0.15) is 0 Å². The first-order valence-corrected chi connectivity index (χ1v) is 8.06. The van der Waals surface area contributed by atoms with Gasteiger partial charge in [-0.15, -0.1) is 11.8 Å². The summed E-state index contributed by atoms with van der Waals surface area (Å²) in [4.78, 5) is 11.8. The van der Waals surface area contributed by atoms with Gasteiger partial charge in [0.1, 0.15) is 0 Å². The van der Waals surface area contributed by atoms with Crippen molar-refractivity contribution in [3.63, 3.8) is 0 Å². The summed E-state index contributed by atoms with van der Waals surface area (Å²) in [7, 11) is -0.451. The van der Waals surface area contributed by atoms with Crippen molar-refractivity contribution in [2.75, 3.05) is 19.8 Å². The van der Waals surface area contributed by atoms with Crippen LogP contribution in [-0.2, 0) is 14.8 Å². The minimum Gasteiger partial charge on any atom is -0.481 e. The number of carboxylic acids is 1. The molecule has 5 nitrogen and oxygen atoms in total. The molecule has 0 aliphatic rings. The van der Waals surface area contributed by atoms with Crippen molar-refractivity contribution in [2.24, 2.45) is 5.92 Å². The van der Waals surface area contributed by atoms with Gasteiger partial charge in [-0.1, -0.05) is 6.92 Å². The van der Waals surface area contributed by atoms with E-state index in [1.165, 1.54) is 38.0 Å².